The average molecular weight is 251 g/mol. The van der Waals surface area contributed by atoms with E-state index < -0.39 is 0 Å². The fourth-order valence-electron chi connectivity index (χ4n) is 1.31. The van der Waals surface area contributed by atoms with Gasteiger partial charge in [0, 0.05) is 10.7 Å². The zero-order chi connectivity index (χ0) is 12.3. The van der Waals surface area contributed by atoms with Crippen molar-refractivity contribution in [3.05, 3.63) is 35.6 Å². The van der Waals surface area contributed by atoms with Gasteiger partial charge in [-0.15, -0.1) is 0 Å². The molecule has 0 radical (unpaired) electrons. The summed E-state index contributed by atoms with van der Waals surface area (Å²) in [5, 5.41) is 3.73. The third kappa shape index (κ3) is 2.57. The van der Waals surface area contributed by atoms with Gasteiger partial charge < -0.3 is 15.8 Å². The maximum absolute atomic E-state index is 5.83. The number of nitrogens with two attached hydrogens (primary N) is 1. The fraction of sp³-hybridized carbons (Fsp3) is 0.0909. The standard InChI is InChI=1S/C11H11ClN4O/c1-17-11-9(13)10(14-6-15-11)16-8-4-2-7(12)3-5-8/h2-6H,13H2,1H3,(H,14,15,16). The van der Waals surface area contributed by atoms with E-state index in [-0.39, 0.29) is 0 Å². The molecule has 0 amide bonds. The summed E-state index contributed by atoms with van der Waals surface area (Å²) in [6.45, 7) is 0. The van der Waals surface area contributed by atoms with Crippen LogP contribution in [0.15, 0.2) is 30.6 Å². The van der Waals surface area contributed by atoms with E-state index in [4.69, 9.17) is 22.1 Å². The van der Waals surface area contributed by atoms with Crippen molar-refractivity contribution in [3.63, 3.8) is 0 Å². The quantitative estimate of drug-likeness (QED) is 0.875. The Morgan fingerprint density at radius 3 is 2.59 bits per heavy atom. The summed E-state index contributed by atoms with van der Waals surface area (Å²) in [6.07, 6.45) is 1.38. The summed E-state index contributed by atoms with van der Waals surface area (Å²) >= 11 is 5.80. The van der Waals surface area contributed by atoms with Gasteiger partial charge >= 0.3 is 0 Å². The van der Waals surface area contributed by atoms with Crippen LogP contribution in [0.5, 0.6) is 5.88 Å². The van der Waals surface area contributed by atoms with Crippen LogP contribution in [0.2, 0.25) is 5.02 Å². The first-order valence-electron chi connectivity index (χ1n) is 4.88. The lowest BCUT2D eigenvalue weighted by atomic mass is 10.3. The first kappa shape index (κ1) is 11.5. The molecule has 3 N–H and O–H groups in total. The van der Waals surface area contributed by atoms with E-state index in [9.17, 15) is 0 Å². The van der Waals surface area contributed by atoms with Gasteiger partial charge in [0.2, 0.25) is 5.88 Å². The third-order valence-electron chi connectivity index (χ3n) is 2.15. The minimum absolute atomic E-state index is 0.344. The number of methoxy groups -OCH3 is 1. The van der Waals surface area contributed by atoms with Gasteiger partial charge in [-0.1, -0.05) is 11.6 Å². The molecule has 1 aromatic carbocycles. The smallest absolute Gasteiger partial charge is 0.242 e. The second-order valence-corrected chi connectivity index (χ2v) is 3.71. The van der Waals surface area contributed by atoms with Crippen molar-refractivity contribution < 1.29 is 4.74 Å². The number of hydrogen-bond acceptors (Lipinski definition) is 5. The molecule has 0 atom stereocenters. The van der Waals surface area contributed by atoms with Gasteiger partial charge in [0.1, 0.15) is 12.0 Å². The largest absolute Gasteiger partial charge is 0.479 e. The lowest BCUT2D eigenvalue weighted by molar-refractivity contribution is 0.399. The second-order valence-electron chi connectivity index (χ2n) is 3.28. The minimum atomic E-state index is 0.344. The van der Waals surface area contributed by atoms with Gasteiger partial charge in [-0.25, -0.2) is 4.98 Å². The monoisotopic (exact) mass is 250 g/mol. The van der Waals surface area contributed by atoms with Crippen LogP contribution in [-0.2, 0) is 0 Å². The molecule has 0 aliphatic heterocycles. The molecule has 0 aliphatic rings. The summed E-state index contributed by atoms with van der Waals surface area (Å²) in [6, 6.07) is 7.21. The molecule has 0 spiro atoms. The average Bonchev–Trinajstić information content (AvgIpc) is 2.35. The Kier molecular flexibility index (Phi) is 3.30. The van der Waals surface area contributed by atoms with Crippen LogP contribution in [0.3, 0.4) is 0 Å². The highest BCUT2D eigenvalue weighted by atomic mass is 35.5. The number of ether oxygens (including phenoxy) is 1. The summed E-state index contributed by atoms with van der Waals surface area (Å²) in [4.78, 5) is 7.94. The Hall–Kier alpha value is -2.01. The second kappa shape index (κ2) is 4.88. The van der Waals surface area contributed by atoms with Gasteiger partial charge in [-0.05, 0) is 24.3 Å². The highest BCUT2D eigenvalue weighted by Crippen LogP contribution is 2.27. The molecule has 5 nitrogen and oxygen atoms in total. The first-order chi connectivity index (χ1) is 8.20. The number of halogens is 1. The van der Waals surface area contributed by atoms with E-state index >= 15 is 0 Å². The highest BCUT2D eigenvalue weighted by Gasteiger charge is 2.07. The Balaban J connectivity index is 2.27. The molecule has 1 aromatic heterocycles. The Morgan fingerprint density at radius 2 is 1.94 bits per heavy atom. The summed E-state index contributed by atoms with van der Waals surface area (Å²) in [7, 11) is 1.50. The van der Waals surface area contributed by atoms with E-state index in [1.807, 2.05) is 12.1 Å². The third-order valence-corrected chi connectivity index (χ3v) is 2.40. The normalized spacial score (nSPS) is 10.0. The molecule has 0 saturated carbocycles. The molecule has 2 rings (SSSR count). The van der Waals surface area contributed by atoms with Crippen molar-refractivity contribution in [1.82, 2.24) is 9.97 Å². The number of hydrogen-bond donors (Lipinski definition) is 2. The number of nitrogen functional groups attached to an aromatic ring is 1. The molecule has 1 heterocycles. The summed E-state index contributed by atoms with van der Waals surface area (Å²) in [5.41, 5.74) is 7.03. The number of anilines is 3. The van der Waals surface area contributed by atoms with E-state index in [2.05, 4.69) is 15.3 Å². The maximum Gasteiger partial charge on any atom is 0.242 e. The first-order valence-corrected chi connectivity index (χ1v) is 5.25. The van der Waals surface area contributed by atoms with Crippen LogP contribution in [-0.4, -0.2) is 17.1 Å². The SMILES string of the molecule is COc1ncnc(Nc2ccc(Cl)cc2)c1N. The van der Waals surface area contributed by atoms with E-state index in [1.165, 1.54) is 13.4 Å². The summed E-state index contributed by atoms with van der Waals surface area (Å²) in [5.74, 6) is 0.843. The van der Waals surface area contributed by atoms with Crippen molar-refractivity contribution in [1.29, 1.82) is 0 Å². The predicted molar refractivity (Wildman–Crippen MR) is 67.7 cm³/mol. The van der Waals surface area contributed by atoms with Gasteiger partial charge in [0.25, 0.3) is 0 Å². The van der Waals surface area contributed by atoms with Crippen LogP contribution >= 0.6 is 11.6 Å². The number of rotatable bonds is 3. The van der Waals surface area contributed by atoms with E-state index in [0.717, 1.165) is 5.69 Å². The summed E-state index contributed by atoms with van der Waals surface area (Å²) < 4.78 is 5.01. The molecule has 0 saturated heterocycles. The minimum Gasteiger partial charge on any atom is -0.479 e. The number of aromatic nitrogens is 2. The molecular formula is C11H11ClN4O. The van der Waals surface area contributed by atoms with E-state index in [1.54, 1.807) is 12.1 Å². The van der Waals surface area contributed by atoms with Crippen molar-refractivity contribution in [3.8, 4) is 5.88 Å². The zero-order valence-corrected chi connectivity index (χ0v) is 9.90. The fourth-order valence-corrected chi connectivity index (χ4v) is 1.44. The van der Waals surface area contributed by atoms with Crippen LogP contribution in [0, 0.1) is 0 Å². The van der Waals surface area contributed by atoms with Gasteiger partial charge in [-0.3, -0.25) is 0 Å². The molecule has 2 aromatic rings. The lowest BCUT2D eigenvalue weighted by Gasteiger charge is -2.09. The van der Waals surface area contributed by atoms with Crippen molar-refractivity contribution >= 4 is 28.8 Å². The van der Waals surface area contributed by atoms with Crippen LogP contribution in [0.1, 0.15) is 0 Å². The van der Waals surface area contributed by atoms with Crippen LogP contribution in [0.4, 0.5) is 17.2 Å². The van der Waals surface area contributed by atoms with Crippen LogP contribution < -0.4 is 15.8 Å². The lowest BCUT2D eigenvalue weighted by Crippen LogP contribution is -2.03. The number of nitrogens with one attached hydrogen (secondary N) is 1. The zero-order valence-electron chi connectivity index (χ0n) is 9.14. The van der Waals surface area contributed by atoms with Crippen molar-refractivity contribution in [2.75, 3.05) is 18.2 Å². The van der Waals surface area contributed by atoms with Gasteiger partial charge in [-0.2, -0.15) is 4.98 Å². The maximum atomic E-state index is 5.83. The predicted octanol–water partition coefficient (Wildman–Crippen LogP) is 2.46. The number of nitrogens with zero attached hydrogens (tertiary/aromatic N) is 2. The molecule has 0 aliphatic carbocycles. The molecule has 0 unspecified atom stereocenters. The molecular weight excluding hydrogens is 240 g/mol. The van der Waals surface area contributed by atoms with Crippen LogP contribution in [0.25, 0.3) is 0 Å². The Morgan fingerprint density at radius 1 is 1.24 bits per heavy atom. The molecule has 17 heavy (non-hydrogen) atoms. The molecule has 88 valence electrons. The van der Waals surface area contributed by atoms with Crippen molar-refractivity contribution in [2.45, 2.75) is 0 Å². The topological polar surface area (TPSA) is 73.1 Å². The molecule has 0 fully saturated rings. The Bertz CT molecular complexity index is 515. The van der Waals surface area contributed by atoms with Gasteiger partial charge in [0.15, 0.2) is 5.82 Å². The number of benzene rings is 1. The highest BCUT2D eigenvalue weighted by molar-refractivity contribution is 6.30. The van der Waals surface area contributed by atoms with E-state index in [0.29, 0.717) is 22.4 Å². The molecule has 0 bridgehead atoms. The van der Waals surface area contributed by atoms with Gasteiger partial charge in [0.05, 0.1) is 7.11 Å². The Labute approximate surface area is 104 Å². The molecule has 6 heteroatoms. The van der Waals surface area contributed by atoms with Crippen molar-refractivity contribution in [2.24, 2.45) is 0 Å².